The summed E-state index contributed by atoms with van der Waals surface area (Å²) in [5, 5.41) is 10.8. The van der Waals surface area contributed by atoms with Gasteiger partial charge in [0.25, 0.3) is 5.91 Å². The quantitative estimate of drug-likeness (QED) is 0.668. The number of piperidine rings is 1. The van der Waals surface area contributed by atoms with Gasteiger partial charge in [-0.3, -0.25) is 9.48 Å². The molecule has 4 rings (SSSR count). The number of carbonyl (C=O) groups excluding carboxylic acids is 1. The highest BCUT2D eigenvalue weighted by Crippen LogP contribution is 2.43. The van der Waals surface area contributed by atoms with Crippen LogP contribution in [0.25, 0.3) is 0 Å². The summed E-state index contributed by atoms with van der Waals surface area (Å²) in [6.45, 7) is 7.93. The van der Waals surface area contributed by atoms with Crippen LogP contribution in [0.2, 0.25) is 0 Å². The number of aryl methyl sites for hydroxylation is 3. The van der Waals surface area contributed by atoms with Gasteiger partial charge in [0.1, 0.15) is 11.6 Å². The van der Waals surface area contributed by atoms with Crippen LogP contribution in [0.4, 0.5) is 0 Å². The minimum absolute atomic E-state index is 0. The number of thiophene rings is 1. The number of hydrogen-bond acceptors (Lipinski definition) is 6. The van der Waals surface area contributed by atoms with Crippen LogP contribution in [-0.4, -0.2) is 46.9 Å². The number of fused-ring (bicyclic) bond motifs is 2. The Hall–Kier alpha value is -1.19. The van der Waals surface area contributed by atoms with E-state index < -0.39 is 0 Å². The van der Waals surface area contributed by atoms with Crippen LogP contribution in [0.5, 0.6) is 0 Å². The van der Waals surface area contributed by atoms with E-state index in [0.29, 0.717) is 6.54 Å². The third-order valence-corrected chi connectivity index (χ3v) is 6.63. The summed E-state index contributed by atoms with van der Waals surface area (Å²) in [4.78, 5) is 19.1. The molecule has 0 saturated carbocycles. The summed E-state index contributed by atoms with van der Waals surface area (Å²) in [7, 11) is 0. The first kappa shape index (κ1) is 24.1. The van der Waals surface area contributed by atoms with E-state index in [1.807, 2.05) is 18.5 Å². The molecule has 2 aliphatic rings. The topological polar surface area (TPSA) is 81.1 Å². The summed E-state index contributed by atoms with van der Waals surface area (Å²) in [5.74, 6) is 1.72. The van der Waals surface area contributed by atoms with Crippen molar-refractivity contribution in [2.24, 2.45) is 0 Å². The van der Waals surface area contributed by atoms with E-state index in [0.717, 1.165) is 68.5 Å². The van der Waals surface area contributed by atoms with Gasteiger partial charge >= 0.3 is 0 Å². The van der Waals surface area contributed by atoms with Crippen molar-refractivity contribution in [1.82, 2.24) is 25.4 Å². The van der Waals surface area contributed by atoms with Gasteiger partial charge in [0, 0.05) is 24.4 Å². The molecule has 1 fully saturated rings. The van der Waals surface area contributed by atoms with Crippen molar-refractivity contribution in [2.75, 3.05) is 26.2 Å². The zero-order chi connectivity index (χ0) is 18.9. The average Bonchev–Trinajstić information content (AvgIpc) is 3.23. The van der Waals surface area contributed by atoms with Crippen LogP contribution in [0, 0.1) is 13.8 Å². The molecule has 0 atom stereocenters. The van der Waals surface area contributed by atoms with Gasteiger partial charge in [-0.2, -0.15) is 5.10 Å². The first-order valence-electron chi connectivity index (χ1n) is 9.71. The standard InChI is InChI=1S/C19H27N5O2S.2ClH/c1-13-22-14(2)24(23-13)10-3-7-21-18(25)17-12-15-16(27-17)4-11-26-19(15)5-8-20-9-6-19;;/h12,20H,3-11H2,1-2H3,(H,21,25);2*1H. The Bertz CT molecular complexity index is 833. The van der Waals surface area contributed by atoms with E-state index in [-0.39, 0.29) is 36.3 Å². The first-order chi connectivity index (χ1) is 13.1. The van der Waals surface area contributed by atoms with E-state index in [1.165, 1.54) is 10.4 Å². The molecule has 2 aromatic heterocycles. The lowest BCUT2D eigenvalue weighted by atomic mass is 9.83. The van der Waals surface area contributed by atoms with Gasteiger partial charge in [-0.15, -0.1) is 36.2 Å². The third kappa shape index (κ3) is 5.11. The van der Waals surface area contributed by atoms with Gasteiger partial charge in [0.05, 0.1) is 17.1 Å². The van der Waals surface area contributed by atoms with Crippen molar-refractivity contribution in [3.63, 3.8) is 0 Å². The molecule has 0 aliphatic carbocycles. The number of aromatic nitrogens is 3. The van der Waals surface area contributed by atoms with Crippen molar-refractivity contribution in [2.45, 2.75) is 51.7 Å². The zero-order valence-electron chi connectivity index (χ0n) is 16.8. The maximum absolute atomic E-state index is 12.6. The number of carbonyl (C=O) groups is 1. The molecule has 1 amide bonds. The number of amides is 1. The van der Waals surface area contributed by atoms with E-state index in [9.17, 15) is 4.79 Å². The zero-order valence-corrected chi connectivity index (χ0v) is 19.3. The summed E-state index contributed by atoms with van der Waals surface area (Å²) in [5.41, 5.74) is 1.06. The molecule has 1 spiro atoms. The maximum atomic E-state index is 12.6. The smallest absolute Gasteiger partial charge is 0.261 e. The SMILES string of the molecule is Cc1nc(C)n(CCCNC(=O)c2cc3c(s2)CCOC32CCNCC2)n1.Cl.Cl. The number of ether oxygens (including phenoxy) is 1. The molecule has 0 aromatic carbocycles. The minimum atomic E-state index is -0.184. The highest BCUT2D eigenvalue weighted by Gasteiger charge is 2.40. The Balaban J connectivity index is 0.00000150. The molecule has 1 saturated heterocycles. The number of rotatable bonds is 5. The largest absolute Gasteiger partial charge is 0.370 e. The van der Waals surface area contributed by atoms with Crippen LogP contribution in [0.15, 0.2) is 6.07 Å². The lowest BCUT2D eigenvalue weighted by Gasteiger charge is -2.40. The van der Waals surface area contributed by atoms with E-state index >= 15 is 0 Å². The molecule has 10 heteroatoms. The molecule has 2 N–H and O–H groups in total. The fourth-order valence-corrected chi connectivity index (χ4v) is 5.21. The van der Waals surface area contributed by atoms with E-state index in [1.54, 1.807) is 11.3 Å². The van der Waals surface area contributed by atoms with Gasteiger partial charge in [-0.1, -0.05) is 0 Å². The monoisotopic (exact) mass is 461 g/mol. The summed E-state index contributed by atoms with van der Waals surface area (Å²) in [6, 6.07) is 2.07. The minimum Gasteiger partial charge on any atom is -0.370 e. The summed E-state index contributed by atoms with van der Waals surface area (Å²) < 4.78 is 8.10. The van der Waals surface area contributed by atoms with Gasteiger partial charge in [0.2, 0.25) is 0 Å². The second-order valence-electron chi connectivity index (χ2n) is 7.33. The third-order valence-electron chi connectivity index (χ3n) is 5.44. The predicted octanol–water partition coefficient (Wildman–Crippen LogP) is 2.77. The van der Waals surface area contributed by atoms with E-state index in [4.69, 9.17) is 4.74 Å². The van der Waals surface area contributed by atoms with Crippen LogP contribution in [-0.2, 0) is 23.3 Å². The molecule has 4 heterocycles. The average molecular weight is 462 g/mol. The van der Waals surface area contributed by atoms with Gasteiger partial charge in [-0.05, 0) is 57.8 Å². The number of nitrogens with one attached hydrogen (secondary N) is 2. The fourth-order valence-electron chi connectivity index (χ4n) is 4.06. The molecule has 2 aromatic rings. The van der Waals surface area contributed by atoms with Crippen molar-refractivity contribution in [3.8, 4) is 0 Å². The molecule has 0 radical (unpaired) electrons. The Kier molecular flexibility index (Phi) is 8.48. The van der Waals surface area contributed by atoms with Crippen LogP contribution >= 0.6 is 36.2 Å². The summed E-state index contributed by atoms with van der Waals surface area (Å²) in [6.07, 6.45) is 3.70. The van der Waals surface area contributed by atoms with E-state index in [2.05, 4.69) is 26.8 Å². The lowest BCUT2D eigenvalue weighted by Crippen LogP contribution is -2.44. The Morgan fingerprint density at radius 1 is 1.34 bits per heavy atom. The highest BCUT2D eigenvalue weighted by molar-refractivity contribution is 7.14. The second kappa shape index (κ2) is 10.2. The van der Waals surface area contributed by atoms with Crippen LogP contribution < -0.4 is 10.6 Å². The number of nitrogens with zero attached hydrogens (tertiary/aromatic N) is 3. The molecular weight excluding hydrogens is 433 g/mol. The fraction of sp³-hybridized carbons (Fsp3) is 0.632. The van der Waals surface area contributed by atoms with Crippen molar-refractivity contribution >= 4 is 42.1 Å². The van der Waals surface area contributed by atoms with Crippen molar-refractivity contribution < 1.29 is 9.53 Å². The Morgan fingerprint density at radius 3 is 2.79 bits per heavy atom. The van der Waals surface area contributed by atoms with Crippen LogP contribution in [0.1, 0.15) is 51.0 Å². The molecule has 0 bridgehead atoms. The molecule has 2 aliphatic heterocycles. The van der Waals surface area contributed by atoms with Crippen LogP contribution in [0.3, 0.4) is 0 Å². The maximum Gasteiger partial charge on any atom is 0.261 e. The number of hydrogen-bond donors (Lipinski definition) is 2. The highest BCUT2D eigenvalue weighted by atomic mass is 35.5. The Morgan fingerprint density at radius 2 is 2.10 bits per heavy atom. The van der Waals surface area contributed by atoms with Gasteiger partial charge < -0.3 is 15.4 Å². The predicted molar refractivity (Wildman–Crippen MR) is 119 cm³/mol. The number of halogens is 2. The van der Waals surface area contributed by atoms with Crippen molar-refractivity contribution in [3.05, 3.63) is 33.0 Å². The van der Waals surface area contributed by atoms with Gasteiger partial charge in [-0.25, -0.2) is 4.98 Å². The first-order valence-corrected chi connectivity index (χ1v) is 10.5. The molecule has 162 valence electrons. The summed E-state index contributed by atoms with van der Waals surface area (Å²) >= 11 is 1.63. The second-order valence-corrected chi connectivity index (χ2v) is 8.47. The van der Waals surface area contributed by atoms with Gasteiger partial charge in [0.15, 0.2) is 0 Å². The molecule has 0 unspecified atom stereocenters. The normalized spacial score (nSPS) is 17.2. The molecular formula is C19H29Cl2N5O2S. The molecule has 29 heavy (non-hydrogen) atoms. The lowest BCUT2D eigenvalue weighted by molar-refractivity contribution is -0.0792. The molecule has 7 nitrogen and oxygen atoms in total. The van der Waals surface area contributed by atoms with Crippen molar-refractivity contribution in [1.29, 1.82) is 0 Å². The Labute approximate surface area is 187 Å².